The van der Waals surface area contributed by atoms with Gasteiger partial charge in [-0.3, -0.25) is 4.90 Å². The van der Waals surface area contributed by atoms with E-state index < -0.39 is 0 Å². The molecule has 0 aliphatic carbocycles. The molecule has 2 rings (SSSR count). The van der Waals surface area contributed by atoms with Crippen LogP contribution in [-0.4, -0.2) is 81.5 Å². The maximum atomic E-state index is 10.0. The van der Waals surface area contributed by atoms with Crippen molar-refractivity contribution in [1.82, 2.24) is 9.80 Å². The van der Waals surface area contributed by atoms with Gasteiger partial charge in [-0.15, -0.1) is 0 Å². The minimum atomic E-state index is -0.280. The number of piperazine rings is 1. The summed E-state index contributed by atoms with van der Waals surface area (Å²) in [7, 11) is 5.69. The lowest BCUT2D eigenvalue weighted by atomic mass is 10.2. The van der Waals surface area contributed by atoms with Crippen LogP contribution in [0.2, 0.25) is 0 Å². The minimum Gasteiger partial charge on any atom is -0.495 e. The van der Waals surface area contributed by atoms with Crippen LogP contribution in [0.15, 0.2) is 24.3 Å². The largest absolute Gasteiger partial charge is 0.495 e. The van der Waals surface area contributed by atoms with Crippen LogP contribution in [0.1, 0.15) is 0 Å². The highest BCUT2D eigenvalue weighted by Gasteiger charge is 2.21. The summed E-state index contributed by atoms with van der Waals surface area (Å²) in [6, 6.07) is 8.15. The fraction of sp³-hybridized carbons (Fsp3) is 0.625. The van der Waals surface area contributed by atoms with E-state index in [2.05, 4.69) is 15.9 Å². The van der Waals surface area contributed by atoms with Gasteiger partial charge >= 0.3 is 0 Å². The fourth-order valence-electron chi connectivity index (χ4n) is 2.84. The van der Waals surface area contributed by atoms with Crippen LogP contribution in [-0.2, 0) is 0 Å². The summed E-state index contributed by atoms with van der Waals surface area (Å²) in [5.74, 6) is 0.929. The zero-order valence-corrected chi connectivity index (χ0v) is 13.3. The SMILES string of the molecule is COc1ccccc1N1CCN(C[C@@H](O)CN(C)C)CC1. The smallest absolute Gasteiger partial charge is 0.142 e. The van der Waals surface area contributed by atoms with Crippen LogP contribution in [0.3, 0.4) is 0 Å². The highest BCUT2D eigenvalue weighted by Crippen LogP contribution is 2.28. The average Bonchev–Trinajstić information content (AvgIpc) is 2.47. The van der Waals surface area contributed by atoms with Crippen molar-refractivity contribution in [2.45, 2.75) is 6.10 Å². The van der Waals surface area contributed by atoms with Gasteiger partial charge in [0.05, 0.1) is 18.9 Å². The van der Waals surface area contributed by atoms with Crippen LogP contribution >= 0.6 is 0 Å². The molecule has 5 nitrogen and oxygen atoms in total. The van der Waals surface area contributed by atoms with Crippen LogP contribution in [0, 0.1) is 0 Å². The minimum absolute atomic E-state index is 0.280. The van der Waals surface area contributed by atoms with Crippen LogP contribution in [0.5, 0.6) is 5.75 Å². The highest BCUT2D eigenvalue weighted by molar-refractivity contribution is 5.58. The maximum absolute atomic E-state index is 10.0. The molecule has 1 aliphatic heterocycles. The number of nitrogens with zero attached hydrogens (tertiary/aromatic N) is 3. The standard InChI is InChI=1S/C16H27N3O2/c1-17(2)12-14(20)13-18-8-10-19(11-9-18)15-6-4-5-7-16(15)21-3/h4-7,14,20H,8-13H2,1-3H3/t14-/m0/s1. The summed E-state index contributed by atoms with van der Waals surface area (Å²) in [5.41, 5.74) is 1.16. The van der Waals surface area contributed by atoms with E-state index in [0.29, 0.717) is 6.54 Å². The van der Waals surface area contributed by atoms with Crippen molar-refractivity contribution in [3.63, 3.8) is 0 Å². The van der Waals surface area contributed by atoms with Gasteiger partial charge in [0.25, 0.3) is 0 Å². The number of anilines is 1. The number of para-hydroxylation sites is 2. The van der Waals surface area contributed by atoms with E-state index in [-0.39, 0.29) is 6.10 Å². The number of aliphatic hydroxyl groups excluding tert-OH is 1. The normalized spacial score (nSPS) is 18.0. The van der Waals surface area contributed by atoms with E-state index in [0.717, 1.165) is 44.2 Å². The lowest BCUT2D eigenvalue weighted by Gasteiger charge is -2.37. The number of rotatable bonds is 6. The summed E-state index contributed by atoms with van der Waals surface area (Å²) >= 11 is 0. The van der Waals surface area contributed by atoms with Crippen molar-refractivity contribution in [3.8, 4) is 5.75 Å². The van der Waals surface area contributed by atoms with Crippen LogP contribution < -0.4 is 9.64 Å². The lowest BCUT2D eigenvalue weighted by molar-refractivity contribution is 0.0860. The predicted molar refractivity (Wildman–Crippen MR) is 86.2 cm³/mol. The van der Waals surface area contributed by atoms with Crippen molar-refractivity contribution in [2.24, 2.45) is 0 Å². The second-order valence-electron chi connectivity index (χ2n) is 5.88. The third-order valence-corrected chi connectivity index (χ3v) is 3.84. The quantitative estimate of drug-likeness (QED) is 0.837. The van der Waals surface area contributed by atoms with Gasteiger partial charge in [-0.1, -0.05) is 12.1 Å². The molecule has 1 saturated heterocycles. The molecule has 1 heterocycles. The van der Waals surface area contributed by atoms with Crippen molar-refractivity contribution in [3.05, 3.63) is 24.3 Å². The molecule has 1 aromatic rings. The number of likely N-dealkylation sites (N-methyl/N-ethyl adjacent to an activating group) is 1. The fourth-order valence-corrected chi connectivity index (χ4v) is 2.84. The first-order chi connectivity index (χ1) is 10.1. The second kappa shape index (κ2) is 7.64. The molecule has 1 aliphatic rings. The van der Waals surface area contributed by atoms with E-state index in [1.54, 1.807) is 7.11 Å². The van der Waals surface area contributed by atoms with Crippen LogP contribution in [0.4, 0.5) is 5.69 Å². The van der Waals surface area contributed by atoms with Gasteiger partial charge in [-0.25, -0.2) is 0 Å². The van der Waals surface area contributed by atoms with Gasteiger partial charge in [0.1, 0.15) is 5.75 Å². The van der Waals surface area contributed by atoms with Gasteiger partial charge in [0, 0.05) is 39.3 Å². The van der Waals surface area contributed by atoms with Crippen molar-refractivity contribution >= 4 is 5.69 Å². The number of benzene rings is 1. The zero-order valence-electron chi connectivity index (χ0n) is 13.3. The second-order valence-corrected chi connectivity index (χ2v) is 5.88. The highest BCUT2D eigenvalue weighted by atomic mass is 16.5. The van der Waals surface area contributed by atoms with Gasteiger partial charge in [0.2, 0.25) is 0 Å². The molecule has 0 radical (unpaired) electrons. The Kier molecular flexibility index (Phi) is 5.85. The summed E-state index contributed by atoms with van der Waals surface area (Å²) in [5, 5.41) is 10.0. The molecule has 0 aromatic heterocycles. The first-order valence-corrected chi connectivity index (χ1v) is 7.53. The van der Waals surface area contributed by atoms with Crippen LogP contribution in [0.25, 0.3) is 0 Å². The van der Waals surface area contributed by atoms with Crippen molar-refractivity contribution < 1.29 is 9.84 Å². The number of methoxy groups -OCH3 is 1. The third kappa shape index (κ3) is 4.59. The van der Waals surface area contributed by atoms with E-state index in [9.17, 15) is 5.11 Å². The summed E-state index contributed by atoms with van der Waals surface area (Å²) < 4.78 is 5.43. The molecule has 0 unspecified atom stereocenters. The number of hydrogen-bond acceptors (Lipinski definition) is 5. The summed E-state index contributed by atoms with van der Waals surface area (Å²) in [6.07, 6.45) is -0.280. The Labute approximate surface area is 127 Å². The number of ether oxygens (including phenoxy) is 1. The number of β-amino-alcohol motifs (C(OH)–C–C–N with tert-alkyl or cyclic N) is 1. The Morgan fingerprint density at radius 1 is 1.19 bits per heavy atom. The van der Waals surface area contributed by atoms with Gasteiger partial charge < -0.3 is 19.6 Å². The Morgan fingerprint density at radius 3 is 2.48 bits per heavy atom. The molecule has 0 saturated carbocycles. The van der Waals surface area contributed by atoms with Gasteiger partial charge in [-0.2, -0.15) is 0 Å². The van der Waals surface area contributed by atoms with E-state index in [1.165, 1.54) is 0 Å². The molecular formula is C16H27N3O2. The predicted octanol–water partition coefficient (Wildman–Crippen LogP) is 0.740. The van der Waals surface area contributed by atoms with E-state index in [4.69, 9.17) is 4.74 Å². The lowest BCUT2D eigenvalue weighted by Crippen LogP contribution is -2.49. The molecule has 5 heteroatoms. The monoisotopic (exact) mass is 293 g/mol. The molecule has 1 fully saturated rings. The Morgan fingerprint density at radius 2 is 1.86 bits per heavy atom. The van der Waals surface area contributed by atoms with Gasteiger partial charge in [0.15, 0.2) is 0 Å². The summed E-state index contributed by atoms with van der Waals surface area (Å²) in [6.45, 7) is 5.35. The number of hydrogen-bond donors (Lipinski definition) is 1. The Hall–Kier alpha value is -1.30. The Balaban J connectivity index is 1.85. The molecule has 0 bridgehead atoms. The molecule has 1 atom stereocenters. The Bertz CT molecular complexity index is 431. The third-order valence-electron chi connectivity index (χ3n) is 3.84. The zero-order chi connectivity index (χ0) is 15.2. The topological polar surface area (TPSA) is 39.2 Å². The van der Waals surface area contributed by atoms with Gasteiger partial charge in [-0.05, 0) is 26.2 Å². The first kappa shape index (κ1) is 16.1. The number of aliphatic hydroxyl groups is 1. The van der Waals surface area contributed by atoms with E-state index >= 15 is 0 Å². The molecule has 0 amide bonds. The average molecular weight is 293 g/mol. The molecule has 118 valence electrons. The molecule has 1 N–H and O–H groups in total. The summed E-state index contributed by atoms with van der Waals surface area (Å²) in [4.78, 5) is 6.71. The first-order valence-electron chi connectivity index (χ1n) is 7.53. The maximum Gasteiger partial charge on any atom is 0.142 e. The van der Waals surface area contributed by atoms with Crippen molar-refractivity contribution in [1.29, 1.82) is 0 Å². The molecule has 21 heavy (non-hydrogen) atoms. The molecule has 1 aromatic carbocycles. The van der Waals surface area contributed by atoms with E-state index in [1.807, 2.05) is 37.2 Å². The van der Waals surface area contributed by atoms with Crippen molar-refractivity contribution in [2.75, 3.05) is 65.4 Å². The molecular weight excluding hydrogens is 266 g/mol. The molecule has 0 spiro atoms.